The van der Waals surface area contributed by atoms with Crippen molar-refractivity contribution < 1.29 is 24.0 Å². The lowest BCUT2D eigenvalue weighted by atomic mass is 10.1. The second-order valence-electron chi connectivity index (χ2n) is 7.46. The average molecular weight is 428 g/mol. The first-order chi connectivity index (χ1) is 14.2. The minimum Gasteiger partial charge on any atom is -0.370 e. The van der Waals surface area contributed by atoms with Crippen LogP contribution < -0.4 is 27.8 Å². The molecule has 0 aromatic rings. The van der Waals surface area contributed by atoms with E-state index >= 15 is 0 Å². The molecule has 0 aromatic carbocycles. The maximum absolute atomic E-state index is 12.5. The van der Waals surface area contributed by atoms with Crippen molar-refractivity contribution in [2.75, 3.05) is 0 Å². The molecular formula is C20H37N5O5. The van der Waals surface area contributed by atoms with Crippen LogP contribution in [0.1, 0.15) is 84.0 Å². The Bertz CT molecular complexity index is 582. The summed E-state index contributed by atoms with van der Waals surface area (Å²) in [5.74, 6) is -3.07. The second kappa shape index (κ2) is 16.2. The Morgan fingerprint density at radius 1 is 0.667 bits per heavy atom. The summed E-state index contributed by atoms with van der Waals surface area (Å²) in [6.07, 6.45) is 7.34. The summed E-state index contributed by atoms with van der Waals surface area (Å²) >= 11 is 0. The topological polar surface area (TPSA) is 187 Å². The molecule has 0 saturated heterocycles. The summed E-state index contributed by atoms with van der Waals surface area (Å²) in [6, 6.07) is -2.15. The lowest BCUT2D eigenvalue weighted by Gasteiger charge is -2.21. The maximum Gasteiger partial charge on any atom is 0.243 e. The highest BCUT2D eigenvalue weighted by atomic mass is 16.2. The highest BCUT2D eigenvalue weighted by Crippen LogP contribution is 2.09. The lowest BCUT2D eigenvalue weighted by Crippen LogP contribution is -2.53. The first-order valence-electron chi connectivity index (χ1n) is 10.6. The molecule has 0 aromatic heterocycles. The number of nitrogens with two attached hydrogens (primary N) is 3. The van der Waals surface area contributed by atoms with Gasteiger partial charge in [-0.2, -0.15) is 0 Å². The van der Waals surface area contributed by atoms with Crippen LogP contribution in [0.25, 0.3) is 0 Å². The minimum absolute atomic E-state index is 0.00870. The van der Waals surface area contributed by atoms with E-state index in [9.17, 15) is 24.0 Å². The van der Waals surface area contributed by atoms with Gasteiger partial charge in [0.2, 0.25) is 29.5 Å². The quantitative estimate of drug-likeness (QED) is 0.194. The predicted molar refractivity (Wildman–Crippen MR) is 113 cm³/mol. The molecule has 2 atom stereocenters. The van der Waals surface area contributed by atoms with E-state index in [0.717, 1.165) is 19.3 Å². The number of hydrogen-bond donors (Lipinski definition) is 5. The van der Waals surface area contributed by atoms with Gasteiger partial charge in [-0.1, -0.05) is 45.4 Å². The summed E-state index contributed by atoms with van der Waals surface area (Å²) in [4.78, 5) is 58.3. The number of carbonyl (C=O) groups excluding carboxylic acids is 5. The SMILES string of the molecule is CCCCCCCCCC(=O)N[C@@H](CCC(N)=O)C(=O)N[C@@H](CCC(N)=O)C(N)=O. The zero-order chi connectivity index (χ0) is 22.9. The van der Waals surface area contributed by atoms with Gasteiger partial charge >= 0.3 is 0 Å². The molecule has 0 rings (SSSR count). The first kappa shape index (κ1) is 27.4. The van der Waals surface area contributed by atoms with Crippen molar-refractivity contribution >= 4 is 29.5 Å². The maximum atomic E-state index is 12.5. The fourth-order valence-electron chi connectivity index (χ4n) is 2.91. The van der Waals surface area contributed by atoms with Crippen LogP contribution >= 0.6 is 0 Å². The number of hydrogen-bond acceptors (Lipinski definition) is 5. The van der Waals surface area contributed by atoms with Crippen molar-refractivity contribution in [3.8, 4) is 0 Å². The Morgan fingerprint density at radius 3 is 1.67 bits per heavy atom. The molecule has 0 unspecified atom stereocenters. The lowest BCUT2D eigenvalue weighted by molar-refractivity contribution is -0.132. The summed E-state index contributed by atoms with van der Waals surface area (Å²) in [7, 11) is 0. The number of nitrogens with one attached hydrogen (secondary N) is 2. The molecule has 0 fully saturated rings. The fraction of sp³-hybridized carbons (Fsp3) is 0.750. The predicted octanol–water partition coefficient (Wildman–Crippen LogP) is 0.113. The van der Waals surface area contributed by atoms with E-state index in [4.69, 9.17) is 17.2 Å². The molecule has 0 bridgehead atoms. The van der Waals surface area contributed by atoms with Crippen LogP contribution in [0.3, 0.4) is 0 Å². The van der Waals surface area contributed by atoms with Gasteiger partial charge in [0, 0.05) is 19.3 Å². The average Bonchev–Trinajstić information content (AvgIpc) is 2.66. The van der Waals surface area contributed by atoms with E-state index in [1.165, 1.54) is 19.3 Å². The summed E-state index contributed by atoms with van der Waals surface area (Å²) in [5.41, 5.74) is 15.5. The number of primary amides is 3. The van der Waals surface area contributed by atoms with Crippen molar-refractivity contribution in [2.24, 2.45) is 17.2 Å². The molecule has 10 heteroatoms. The number of rotatable bonds is 18. The fourth-order valence-corrected chi connectivity index (χ4v) is 2.91. The van der Waals surface area contributed by atoms with Crippen molar-refractivity contribution in [1.82, 2.24) is 10.6 Å². The summed E-state index contributed by atoms with van der Waals surface area (Å²) in [5, 5.41) is 5.00. The van der Waals surface area contributed by atoms with Gasteiger partial charge in [0.1, 0.15) is 12.1 Å². The smallest absolute Gasteiger partial charge is 0.243 e. The van der Waals surface area contributed by atoms with Gasteiger partial charge < -0.3 is 27.8 Å². The third kappa shape index (κ3) is 14.4. The van der Waals surface area contributed by atoms with Crippen LogP contribution in [0, 0.1) is 0 Å². The largest absolute Gasteiger partial charge is 0.370 e. The molecule has 30 heavy (non-hydrogen) atoms. The summed E-state index contributed by atoms with van der Waals surface area (Å²) in [6.45, 7) is 2.15. The van der Waals surface area contributed by atoms with Crippen molar-refractivity contribution in [1.29, 1.82) is 0 Å². The zero-order valence-electron chi connectivity index (χ0n) is 17.9. The Balaban J connectivity index is 4.66. The van der Waals surface area contributed by atoms with Gasteiger partial charge in [-0.05, 0) is 19.3 Å². The highest BCUT2D eigenvalue weighted by Gasteiger charge is 2.26. The number of carbonyl (C=O) groups is 5. The number of unbranched alkanes of at least 4 members (excludes halogenated alkanes) is 6. The van der Waals surface area contributed by atoms with E-state index in [-0.39, 0.29) is 38.0 Å². The normalized spacial score (nSPS) is 12.6. The standard InChI is InChI=1S/C20H37N5O5/c1-2-3-4-5-6-7-8-9-18(28)24-15(11-13-17(22)27)20(30)25-14(19(23)29)10-12-16(21)26/h14-15H,2-13H2,1H3,(H2,21,26)(H2,22,27)(H2,23,29)(H,24,28)(H,25,30)/t14-,15-/m0/s1. The Hall–Kier alpha value is -2.65. The first-order valence-corrected chi connectivity index (χ1v) is 10.6. The molecule has 8 N–H and O–H groups in total. The van der Waals surface area contributed by atoms with Gasteiger partial charge in [-0.25, -0.2) is 0 Å². The molecule has 0 heterocycles. The van der Waals surface area contributed by atoms with Crippen LogP contribution in [0.5, 0.6) is 0 Å². The monoisotopic (exact) mass is 427 g/mol. The Morgan fingerprint density at radius 2 is 1.17 bits per heavy atom. The Kier molecular flexibility index (Phi) is 14.8. The molecule has 0 radical (unpaired) electrons. The molecule has 0 aliphatic carbocycles. The van der Waals surface area contributed by atoms with Gasteiger partial charge in [0.25, 0.3) is 0 Å². The van der Waals surface area contributed by atoms with Crippen LogP contribution in [0.15, 0.2) is 0 Å². The molecule has 0 aliphatic rings. The summed E-state index contributed by atoms with van der Waals surface area (Å²) < 4.78 is 0. The molecule has 0 saturated carbocycles. The van der Waals surface area contributed by atoms with E-state index in [1.54, 1.807) is 0 Å². The van der Waals surface area contributed by atoms with Gasteiger partial charge in [-0.3, -0.25) is 24.0 Å². The van der Waals surface area contributed by atoms with Crippen LogP contribution in [-0.2, 0) is 24.0 Å². The minimum atomic E-state index is -1.11. The van der Waals surface area contributed by atoms with E-state index < -0.39 is 35.7 Å². The van der Waals surface area contributed by atoms with Gasteiger partial charge in [0.05, 0.1) is 0 Å². The molecule has 172 valence electrons. The zero-order valence-corrected chi connectivity index (χ0v) is 17.9. The molecule has 5 amide bonds. The Labute approximate surface area is 178 Å². The van der Waals surface area contributed by atoms with Crippen LogP contribution in [0.2, 0.25) is 0 Å². The van der Waals surface area contributed by atoms with Gasteiger partial charge in [0.15, 0.2) is 0 Å². The van der Waals surface area contributed by atoms with Crippen molar-refractivity contribution in [3.05, 3.63) is 0 Å². The second-order valence-corrected chi connectivity index (χ2v) is 7.46. The van der Waals surface area contributed by atoms with Crippen LogP contribution in [-0.4, -0.2) is 41.6 Å². The van der Waals surface area contributed by atoms with E-state index in [0.29, 0.717) is 6.42 Å². The van der Waals surface area contributed by atoms with Crippen LogP contribution in [0.4, 0.5) is 0 Å². The molecule has 0 spiro atoms. The molecule has 0 aliphatic heterocycles. The van der Waals surface area contributed by atoms with Crippen molar-refractivity contribution in [3.63, 3.8) is 0 Å². The third-order valence-electron chi connectivity index (χ3n) is 4.68. The van der Waals surface area contributed by atoms with E-state index in [1.807, 2.05) is 0 Å². The van der Waals surface area contributed by atoms with Gasteiger partial charge in [-0.15, -0.1) is 0 Å². The molecule has 10 nitrogen and oxygen atoms in total. The van der Waals surface area contributed by atoms with Crippen molar-refractivity contribution in [2.45, 2.75) is 96.1 Å². The highest BCUT2D eigenvalue weighted by molar-refractivity contribution is 5.92. The number of amides is 5. The van der Waals surface area contributed by atoms with E-state index in [2.05, 4.69) is 17.6 Å². The molecular weight excluding hydrogens is 390 g/mol. The third-order valence-corrected chi connectivity index (χ3v) is 4.68.